The third-order valence-electron chi connectivity index (χ3n) is 3.06. The van der Waals surface area contributed by atoms with Crippen LogP contribution in [0.25, 0.3) is 0 Å². The molecule has 0 aromatic carbocycles. The zero-order valence-electron chi connectivity index (χ0n) is 11.5. The van der Waals surface area contributed by atoms with Gasteiger partial charge in [-0.1, -0.05) is 58.3 Å². The molecule has 0 saturated heterocycles. The zero-order valence-corrected chi connectivity index (χ0v) is 11.5. The number of nitrogens with zero attached hydrogens (tertiary/aromatic N) is 1. The van der Waals surface area contributed by atoms with Gasteiger partial charge in [-0.15, -0.1) is 0 Å². The van der Waals surface area contributed by atoms with Gasteiger partial charge >= 0.3 is 5.97 Å². The van der Waals surface area contributed by atoms with E-state index in [-0.39, 0.29) is 5.57 Å². The van der Waals surface area contributed by atoms with Gasteiger partial charge in [-0.2, -0.15) is 5.26 Å². The summed E-state index contributed by atoms with van der Waals surface area (Å²) in [5, 5.41) is 17.2. The predicted molar refractivity (Wildman–Crippen MR) is 73.2 cm³/mol. The molecule has 0 aromatic rings. The molecular weight excluding hydrogens is 226 g/mol. The van der Waals surface area contributed by atoms with E-state index in [0.29, 0.717) is 6.42 Å². The van der Waals surface area contributed by atoms with Crippen LogP contribution in [-0.4, -0.2) is 11.1 Å². The summed E-state index contributed by atoms with van der Waals surface area (Å²) in [7, 11) is 0. The molecule has 0 rings (SSSR count). The van der Waals surface area contributed by atoms with Crippen molar-refractivity contribution in [3.63, 3.8) is 0 Å². The van der Waals surface area contributed by atoms with Crippen molar-refractivity contribution < 1.29 is 9.90 Å². The summed E-state index contributed by atoms with van der Waals surface area (Å²) in [6.45, 7) is 2.22. The van der Waals surface area contributed by atoms with Gasteiger partial charge in [0.2, 0.25) is 0 Å². The van der Waals surface area contributed by atoms with Crippen LogP contribution in [0.15, 0.2) is 11.6 Å². The van der Waals surface area contributed by atoms with Crippen molar-refractivity contribution in [2.75, 3.05) is 0 Å². The van der Waals surface area contributed by atoms with E-state index < -0.39 is 5.97 Å². The second-order valence-corrected chi connectivity index (χ2v) is 4.68. The minimum Gasteiger partial charge on any atom is -0.478 e. The number of aliphatic carboxylic acids is 1. The molecule has 0 saturated carbocycles. The first-order valence-electron chi connectivity index (χ1n) is 7.04. The maximum atomic E-state index is 10.7. The SMILES string of the molecule is CCCCCCCCCCC/C(=C/C#N)C(=O)O. The Bertz CT molecular complexity index is 289. The molecule has 0 aliphatic carbocycles. The Morgan fingerprint density at radius 2 is 1.56 bits per heavy atom. The first-order valence-corrected chi connectivity index (χ1v) is 7.04. The van der Waals surface area contributed by atoms with Gasteiger partial charge < -0.3 is 5.11 Å². The van der Waals surface area contributed by atoms with Crippen LogP contribution in [-0.2, 0) is 4.79 Å². The highest BCUT2D eigenvalue weighted by molar-refractivity contribution is 5.87. The molecule has 0 heterocycles. The third-order valence-corrected chi connectivity index (χ3v) is 3.06. The van der Waals surface area contributed by atoms with E-state index in [1.807, 2.05) is 0 Å². The lowest BCUT2D eigenvalue weighted by atomic mass is 10.0. The highest BCUT2D eigenvalue weighted by atomic mass is 16.4. The smallest absolute Gasteiger partial charge is 0.332 e. The summed E-state index contributed by atoms with van der Waals surface area (Å²) in [6, 6.07) is 1.79. The van der Waals surface area contributed by atoms with Crippen LogP contribution in [0.2, 0.25) is 0 Å². The molecule has 0 aliphatic heterocycles. The van der Waals surface area contributed by atoms with E-state index in [1.54, 1.807) is 6.07 Å². The van der Waals surface area contributed by atoms with Gasteiger partial charge in [0.05, 0.1) is 6.07 Å². The van der Waals surface area contributed by atoms with Crippen molar-refractivity contribution in [1.82, 2.24) is 0 Å². The summed E-state index contributed by atoms with van der Waals surface area (Å²) in [4.78, 5) is 10.7. The minimum atomic E-state index is -0.962. The molecule has 3 heteroatoms. The Hall–Kier alpha value is -1.30. The molecule has 0 bridgehead atoms. The number of unbranched alkanes of at least 4 members (excludes halogenated alkanes) is 8. The average Bonchev–Trinajstić information content (AvgIpc) is 2.35. The average molecular weight is 251 g/mol. The second kappa shape index (κ2) is 12.2. The van der Waals surface area contributed by atoms with Crippen LogP contribution in [0.4, 0.5) is 0 Å². The standard InChI is InChI=1S/C15H25NO2/c1-2-3-4-5-6-7-8-9-10-11-14(12-13-16)15(17)18/h12H,2-11H2,1H3,(H,17,18)/b14-12-. The van der Waals surface area contributed by atoms with E-state index in [2.05, 4.69) is 6.92 Å². The van der Waals surface area contributed by atoms with Crippen LogP contribution in [0.5, 0.6) is 0 Å². The van der Waals surface area contributed by atoms with Gasteiger partial charge in [0.1, 0.15) is 0 Å². The summed E-state index contributed by atoms with van der Waals surface area (Å²) in [6.07, 6.45) is 12.6. The summed E-state index contributed by atoms with van der Waals surface area (Å²) in [5.41, 5.74) is 0.237. The fourth-order valence-electron chi connectivity index (χ4n) is 1.94. The fourth-order valence-corrected chi connectivity index (χ4v) is 1.94. The Balaban J connectivity index is 3.42. The Kier molecular flexibility index (Phi) is 11.3. The van der Waals surface area contributed by atoms with Gasteiger partial charge in [-0.25, -0.2) is 4.79 Å². The summed E-state index contributed by atoms with van der Waals surface area (Å²) >= 11 is 0. The van der Waals surface area contributed by atoms with Crippen LogP contribution >= 0.6 is 0 Å². The molecule has 0 atom stereocenters. The first kappa shape index (κ1) is 16.7. The highest BCUT2D eigenvalue weighted by Crippen LogP contribution is 2.13. The zero-order chi connectivity index (χ0) is 13.6. The first-order chi connectivity index (χ1) is 8.72. The Morgan fingerprint density at radius 3 is 2.00 bits per heavy atom. The van der Waals surface area contributed by atoms with E-state index >= 15 is 0 Å². The second-order valence-electron chi connectivity index (χ2n) is 4.68. The molecular formula is C15H25NO2. The normalized spacial score (nSPS) is 11.2. The molecule has 18 heavy (non-hydrogen) atoms. The summed E-state index contributed by atoms with van der Waals surface area (Å²) in [5.74, 6) is -0.962. The monoisotopic (exact) mass is 251 g/mol. The molecule has 0 radical (unpaired) electrons. The maximum Gasteiger partial charge on any atom is 0.332 e. The van der Waals surface area contributed by atoms with Crippen molar-refractivity contribution in [2.45, 2.75) is 71.1 Å². The Labute approximate surface area is 111 Å². The molecule has 1 N–H and O–H groups in total. The van der Waals surface area contributed by atoms with Crippen molar-refractivity contribution in [2.24, 2.45) is 0 Å². The van der Waals surface area contributed by atoms with Crippen LogP contribution in [0, 0.1) is 11.3 Å². The number of carboxylic acids is 1. The number of nitriles is 1. The molecule has 0 aliphatic rings. The molecule has 0 unspecified atom stereocenters. The Morgan fingerprint density at radius 1 is 1.06 bits per heavy atom. The lowest BCUT2D eigenvalue weighted by molar-refractivity contribution is -0.132. The van der Waals surface area contributed by atoms with Crippen LogP contribution in [0.1, 0.15) is 71.1 Å². The van der Waals surface area contributed by atoms with E-state index in [4.69, 9.17) is 10.4 Å². The fraction of sp³-hybridized carbons (Fsp3) is 0.733. The number of allylic oxidation sites excluding steroid dienone is 1. The lowest BCUT2D eigenvalue weighted by Crippen LogP contribution is -2.00. The van der Waals surface area contributed by atoms with Gasteiger partial charge in [0, 0.05) is 11.6 Å². The topological polar surface area (TPSA) is 61.1 Å². The van der Waals surface area contributed by atoms with E-state index in [9.17, 15) is 4.79 Å². The van der Waals surface area contributed by atoms with E-state index in [1.165, 1.54) is 44.9 Å². The van der Waals surface area contributed by atoms with Gasteiger partial charge in [-0.05, 0) is 12.8 Å². The number of carboxylic acid groups (broad SMARTS) is 1. The largest absolute Gasteiger partial charge is 0.478 e. The number of hydrogen-bond acceptors (Lipinski definition) is 2. The third kappa shape index (κ3) is 9.89. The minimum absolute atomic E-state index is 0.237. The number of hydrogen-bond donors (Lipinski definition) is 1. The van der Waals surface area contributed by atoms with Gasteiger partial charge in [-0.3, -0.25) is 0 Å². The highest BCUT2D eigenvalue weighted by Gasteiger charge is 2.05. The van der Waals surface area contributed by atoms with Crippen LogP contribution in [0.3, 0.4) is 0 Å². The molecule has 0 aromatic heterocycles. The van der Waals surface area contributed by atoms with Crippen molar-refractivity contribution >= 4 is 5.97 Å². The van der Waals surface area contributed by atoms with Gasteiger partial charge in [0.25, 0.3) is 0 Å². The molecule has 0 fully saturated rings. The van der Waals surface area contributed by atoms with Crippen molar-refractivity contribution in [1.29, 1.82) is 5.26 Å². The predicted octanol–water partition coefficient (Wildman–Crippen LogP) is 4.44. The molecule has 0 spiro atoms. The van der Waals surface area contributed by atoms with Crippen molar-refractivity contribution in [3.8, 4) is 6.07 Å². The van der Waals surface area contributed by atoms with E-state index in [0.717, 1.165) is 18.9 Å². The maximum absolute atomic E-state index is 10.7. The quantitative estimate of drug-likeness (QED) is 0.335. The lowest BCUT2D eigenvalue weighted by Gasteiger charge is -2.02. The molecule has 3 nitrogen and oxygen atoms in total. The number of carbonyl (C=O) groups is 1. The van der Waals surface area contributed by atoms with Gasteiger partial charge in [0.15, 0.2) is 0 Å². The van der Waals surface area contributed by atoms with Crippen LogP contribution < -0.4 is 0 Å². The summed E-state index contributed by atoms with van der Waals surface area (Å²) < 4.78 is 0. The molecule has 102 valence electrons. The molecule has 0 amide bonds. The van der Waals surface area contributed by atoms with Crippen molar-refractivity contribution in [3.05, 3.63) is 11.6 Å². The number of rotatable bonds is 11.